The predicted molar refractivity (Wildman–Crippen MR) is 128 cm³/mol. The normalized spacial score (nSPS) is 12.2. The van der Waals surface area contributed by atoms with E-state index in [9.17, 15) is 13.2 Å². The van der Waals surface area contributed by atoms with Gasteiger partial charge in [-0.3, -0.25) is 0 Å². The Kier molecular flexibility index (Phi) is 6.27. The van der Waals surface area contributed by atoms with E-state index in [1.807, 2.05) is 53.4 Å². The van der Waals surface area contributed by atoms with E-state index in [1.165, 1.54) is 18.4 Å². The summed E-state index contributed by atoms with van der Waals surface area (Å²) in [7, 11) is -0.579. The van der Waals surface area contributed by atoms with E-state index in [-0.39, 0.29) is 11.5 Å². The number of para-hydroxylation sites is 1. The van der Waals surface area contributed by atoms with Gasteiger partial charge in [0.1, 0.15) is 12.4 Å². The molecule has 9 heteroatoms. The van der Waals surface area contributed by atoms with Gasteiger partial charge >= 0.3 is 5.97 Å². The second kappa shape index (κ2) is 8.99. The van der Waals surface area contributed by atoms with E-state index in [0.717, 1.165) is 29.4 Å². The van der Waals surface area contributed by atoms with Gasteiger partial charge in [-0.25, -0.2) is 22.5 Å². The molecule has 0 aliphatic heterocycles. The molecule has 0 atom stereocenters. The van der Waals surface area contributed by atoms with Crippen molar-refractivity contribution >= 4 is 37.9 Å². The number of hydrogen-bond acceptors (Lipinski definition) is 5. The average Bonchev–Trinajstić information content (AvgIpc) is 3.35. The number of hydrogen-bond donors (Lipinski definition) is 0. The predicted octanol–water partition coefficient (Wildman–Crippen LogP) is 4.03. The first kappa shape index (κ1) is 23.0. The van der Waals surface area contributed by atoms with Crippen molar-refractivity contribution in [1.29, 1.82) is 0 Å². The van der Waals surface area contributed by atoms with Crippen LogP contribution in [0.25, 0.3) is 21.9 Å². The first-order chi connectivity index (χ1) is 15.8. The van der Waals surface area contributed by atoms with E-state index < -0.39 is 16.0 Å². The molecule has 0 amide bonds. The number of carbonyl (C=O) groups is 1. The number of rotatable bonds is 8. The molecule has 0 bridgehead atoms. The Labute approximate surface area is 193 Å². The number of aryl methyl sites for hydroxylation is 2. The molecule has 0 aliphatic carbocycles. The molecule has 0 radical (unpaired) electrons. The maximum Gasteiger partial charge on any atom is 0.340 e. The molecule has 2 aromatic carbocycles. The molecule has 4 aromatic rings. The number of aromatic nitrogens is 3. The third kappa shape index (κ3) is 4.14. The fourth-order valence-electron chi connectivity index (χ4n) is 3.99. The zero-order valence-electron chi connectivity index (χ0n) is 19.3. The molecule has 0 unspecified atom stereocenters. The summed E-state index contributed by atoms with van der Waals surface area (Å²) in [5.74, 6) is 0.170. The first-order valence-electron chi connectivity index (χ1n) is 10.9. The minimum Gasteiger partial charge on any atom is -0.454 e. The number of nitrogens with zero attached hydrogens (tertiary/aromatic N) is 4. The Balaban J connectivity index is 1.66. The molecule has 174 valence electrons. The molecule has 0 N–H and O–H groups in total. The third-order valence-corrected chi connectivity index (χ3v) is 7.52. The van der Waals surface area contributed by atoms with Gasteiger partial charge in [0.15, 0.2) is 0 Å². The first-order valence-corrected chi connectivity index (χ1v) is 12.4. The zero-order chi connectivity index (χ0) is 23.8. The van der Waals surface area contributed by atoms with Gasteiger partial charge in [0.25, 0.3) is 0 Å². The SMILES string of the molecule is CCCn1c(COC(=O)c2cn(CC)c3ccccc23)nc2cc(S(=O)(=O)N(C)C)ccc21. The summed E-state index contributed by atoms with van der Waals surface area (Å²) in [4.78, 5) is 17.7. The summed E-state index contributed by atoms with van der Waals surface area (Å²) in [5, 5.41) is 0.852. The highest BCUT2D eigenvalue weighted by atomic mass is 32.2. The van der Waals surface area contributed by atoms with Gasteiger partial charge in [-0.1, -0.05) is 25.1 Å². The number of imidazole rings is 1. The molecule has 0 spiro atoms. The van der Waals surface area contributed by atoms with Gasteiger partial charge in [-0.05, 0) is 37.6 Å². The van der Waals surface area contributed by atoms with E-state index in [2.05, 4.69) is 4.98 Å². The lowest BCUT2D eigenvalue weighted by atomic mass is 10.2. The number of esters is 1. The van der Waals surface area contributed by atoms with Crippen LogP contribution in [0, 0.1) is 0 Å². The Morgan fingerprint density at radius 3 is 2.55 bits per heavy atom. The van der Waals surface area contributed by atoms with Crippen LogP contribution >= 0.6 is 0 Å². The second-order valence-electron chi connectivity index (χ2n) is 8.04. The standard InChI is InChI=1S/C24H28N4O4S/c1-5-13-28-22-12-11-17(33(30,31)26(3)4)14-20(22)25-23(28)16-32-24(29)19-15-27(6-2)21-10-8-7-9-18(19)21/h7-12,14-15H,5-6,13,16H2,1-4H3. The van der Waals surface area contributed by atoms with Crippen molar-refractivity contribution in [3.8, 4) is 0 Å². The number of ether oxygens (including phenoxy) is 1. The summed E-state index contributed by atoms with van der Waals surface area (Å²) in [6, 6.07) is 12.7. The molecule has 33 heavy (non-hydrogen) atoms. The number of fused-ring (bicyclic) bond motifs is 2. The van der Waals surface area contributed by atoms with Crippen molar-refractivity contribution in [1.82, 2.24) is 18.4 Å². The van der Waals surface area contributed by atoms with E-state index in [1.54, 1.807) is 18.2 Å². The highest BCUT2D eigenvalue weighted by Gasteiger charge is 2.21. The summed E-state index contributed by atoms with van der Waals surface area (Å²) >= 11 is 0. The van der Waals surface area contributed by atoms with Gasteiger partial charge in [0, 0.05) is 44.3 Å². The van der Waals surface area contributed by atoms with Crippen LogP contribution in [0.4, 0.5) is 0 Å². The Bertz CT molecular complexity index is 1430. The lowest BCUT2D eigenvalue weighted by molar-refractivity contribution is 0.0460. The van der Waals surface area contributed by atoms with E-state index in [4.69, 9.17) is 4.74 Å². The highest BCUT2D eigenvalue weighted by molar-refractivity contribution is 7.89. The molecule has 2 heterocycles. The lowest BCUT2D eigenvalue weighted by Crippen LogP contribution is -2.22. The highest BCUT2D eigenvalue weighted by Crippen LogP contribution is 2.25. The number of sulfonamides is 1. The Morgan fingerprint density at radius 1 is 1.09 bits per heavy atom. The maximum absolute atomic E-state index is 12.9. The fraction of sp³-hybridized carbons (Fsp3) is 0.333. The molecular formula is C24H28N4O4S. The van der Waals surface area contributed by atoms with Gasteiger partial charge in [-0.15, -0.1) is 0 Å². The minimum absolute atomic E-state index is 0.00505. The summed E-state index contributed by atoms with van der Waals surface area (Å²) in [5.41, 5.74) is 2.87. The molecule has 0 aliphatic rings. The number of carbonyl (C=O) groups excluding carboxylic acids is 1. The fourth-order valence-corrected chi connectivity index (χ4v) is 4.92. The van der Waals surface area contributed by atoms with Crippen LogP contribution in [0.15, 0.2) is 53.6 Å². The average molecular weight is 469 g/mol. The van der Waals surface area contributed by atoms with Crippen LogP contribution in [0.1, 0.15) is 36.5 Å². The molecule has 0 saturated carbocycles. The molecule has 4 rings (SSSR count). The van der Waals surface area contributed by atoms with Crippen molar-refractivity contribution in [3.05, 3.63) is 60.0 Å². The van der Waals surface area contributed by atoms with E-state index >= 15 is 0 Å². The molecule has 8 nitrogen and oxygen atoms in total. The Hall–Kier alpha value is -3.17. The largest absolute Gasteiger partial charge is 0.454 e. The van der Waals surface area contributed by atoms with Crippen LogP contribution in [-0.2, 0) is 34.5 Å². The number of benzene rings is 2. The molecule has 0 saturated heterocycles. The monoisotopic (exact) mass is 468 g/mol. The van der Waals surface area contributed by atoms with Crippen molar-refractivity contribution in [3.63, 3.8) is 0 Å². The molecule has 2 aromatic heterocycles. The summed E-state index contributed by atoms with van der Waals surface area (Å²) in [6.45, 7) is 5.50. The summed E-state index contributed by atoms with van der Waals surface area (Å²) < 4.78 is 35.9. The van der Waals surface area contributed by atoms with Gasteiger partial charge < -0.3 is 13.9 Å². The van der Waals surface area contributed by atoms with E-state index in [0.29, 0.717) is 23.4 Å². The smallest absolute Gasteiger partial charge is 0.340 e. The third-order valence-electron chi connectivity index (χ3n) is 5.71. The van der Waals surface area contributed by atoms with Crippen LogP contribution in [0.2, 0.25) is 0 Å². The van der Waals surface area contributed by atoms with Gasteiger partial charge in [0.2, 0.25) is 10.0 Å². The Morgan fingerprint density at radius 2 is 1.85 bits per heavy atom. The zero-order valence-corrected chi connectivity index (χ0v) is 20.1. The topological polar surface area (TPSA) is 86.4 Å². The van der Waals surface area contributed by atoms with Crippen LogP contribution in [-0.4, -0.2) is 46.9 Å². The second-order valence-corrected chi connectivity index (χ2v) is 10.2. The molecule has 0 fully saturated rings. The van der Waals surface area contributed by atoms with Crippen LogP contribution < -0.4 is 0 Å². The van der Waals surface area contributed by atoms with Crippen LogP contribution in [0.3, 0.4) is 0 Å². The van der Waals surface area contributed by atoms with Gasteiger partial charge in [0.05, 0.1) is 21.5 Å². The van der Waals surface area contributed by atoms with Crippen molar-refractivity contribution < 1.29 is 17.9 Å². The lowest BCUT2D eigenvalue weighted by Gasteiger charge is -2.11. The van der Waals surface area contributed by atoms with Crippen molar-refractivity contribution in [2.24, 2.45) is 0 Å². The van der Waals surface area contributed by atoms with Gasteiger partial charge in [-0.2, -0.15) is 0 Å². The van der Waals surface area contributed by atoms with Crippen molar-refractivity contribution in [2.75, 3.05) is 14.1 Å². The van der Waals surface area contributed by atoms with Crippen LogP contribution in [0.5, 0.6) is 0 Å². The summed E-state index contributed by atoms with van der Waals surface area (Å²) in [6.07, 6.45) is 2.68. The van der Waals surface area contributed by atoms with Crippen molar-refractivity contribution in [2.45, 2.75) is 44.9 Å². The maximum atomic E-state index is 12.9. The minimum atomic E-state index is -3.57. The molecular weight excluding hydrogens is 440 g/mol. The quantitative estimate of drug-likeness (QED) is 0.365.